The summed E-state index contributed by atoms with van der Waals surface area (Å²) in [7, 11) is 5.11. The molecule has 0 heterocycles. The Hall–Kier alpha value is -3.02. The number of nitrogens with one attached hydrogen (secondary N) is 2. The molecular weight excluding hydrogens is 328 g/mol. The second kappa shape index (κ2) is 10.1. The lowest BCUT2D eigenvalue weighted by atomic mass is 10.2. The van der Waals surface area contributed by atoms with E-state index in [1.807, 2.05) is 54.6 Å². The molecule has 0 fully saturated rings. The number of aliphatic imine (C=N–C) groups is 1. The summed E-state index contributed by atoms with van der Waals surface area (Å²) in [6.45, 7) is 1.25. The van der Waals surface area contributed by atoms with Gasteiger partial charge in [0.25, 0.3) is 0 Å². The normalized spacial score (nSPS) is 11.0. The summed E-state index contributed by atoms with van der Waals surface area (Å²) in [5, 5.41) is 6.35. The van der Waals surface area contributed by atoms with Crippen molar-refractivity contribution in [3.05, 3.63) is 65.7 Å². The Bertz CT molecular complexity index is 730. The third kappa shape index (κ3) is 6.12. The first-order valence-electron chi connectivity index (χ1n) is 8.48. The molecule has 2 aromatic carbocycles. The number of benzene rings is 2. The summed E-state index contributed by atoms with van der Waals surface area (Å²) in [5.74, 6) is 1.37. The van der Waals surface area contributed by atoms with Gasteiger partial charge in [0.15, 0.2) is 5.96 Å². The van der Waals surface area contributed by atoms with Crippen LogP contribution in [0.5, 0.6) is 5.75 Å². The number of ether oxygens (including phenoxy) is 1. The first-order valence-corrected chi connectivity index (χ1v) is 8.48. The monoisotopic (exact) mass is 354 g/mol. The van der Waals surface area contributed by atoms with Gasteiger partial charge in [0.2, 0.25) is 5.91 Å². The second-order valence-electron chi connectivity index (χ2n) is 5.96. The van der Waals surface area contributed by atoms with Gasteiger partial charge in [-0.3, -0.25) is 4.79 Å². The molecule has 0 atom stereocenters. The van der Waals surface area contributed by atoms with Crippen molar-refractivity contribution in [1.29, 1.82) is 0 Å². The molecule has 2 N–H and O–H groups in total. The van der Waals surface area contributed by atoms with Crippen molar-refractivity contribution in [1.82, 2.24) is 15.5 Å². The molecular formula is C20H26N4O2. The van der Waals surface area contributed by atoms with Gasteiger partial charge in [-0.25, -0.2) is 4.99 Å². The van der Waals surface area contributed by atoms with Crippen LogP contribution in [0.3, 0.4) is 0 Å². The first-order chi connectivity index (χ1) is 12.6. The number of amides is 1. The van der Waals surface area contributed by atoms with Crippen LogP contribution in [0.2, 0.25) is 0 Å². The molecule has 0 saturated heterocycles. The average Bonchev–Trinajstić information content (AvgIpc) is 2.68. The zero-order chi connectivity index (χ0) is 18.8. The third-order valence-corrected chi connectivity index (χ3v) is 3.81. The lowest BCUT2D eigenvalue weighted by Crippen LogP contribution is -2.42. The molecule has 0 unspecified atom stereocenters. The predicted octanol–water partition coefficient (Wildman–Crippen LogP) is 2.02. The van der Waals surface area contributed by atoms with Crippen LogP contribution in [-0.2, 0) is 17.9 Å². The summed E-state index contributed by atoms with van der Waals surface area (Å²) < 4.78 is 5.38. The first kappa shape index (κ1) is 19.3. The van der Waals surface area contributed by atoms with Gasteiger partial charge in [-0.1, -0.05) is 48.5 Å². The van der Waals surface area contributed by atoms with Crippen LogP contribution < -0.4 is 15.4 Å². The lowest BCUT2D eigenvalue weighted by Gasteiger charge is -2.16. The standard InChI is InChI=1S/C20H26N4O2/c1-24(2)19(25)15-23-20(21-13-16-9-5-4-6-10-16)22-14-17-11-7-8-12-18(17)26-3/h4-12H,13-15H2,1-3H3,(H2,21,22,23). The quantitative estimate of drug-likeness (QED) is 0.590. The number of para-hydroxylation sites is 1. The van der Waals surface area contributed by atoms with E-state index in [0.717, 1.165) is 16.9 Å². The highest BCUT2D eigenvalue weighted by molar-refractivity contribution is 5.86. The number of guanidine groups is 1. The van der Waals surface area contributed by atoms with Crippen molar-refractivity contribution in [2.45, 2.75) is 13.1 Å². The molecule has 0 spiro atoms. The smallest absolute Gasteiger partial charge is 0.241 e. The van der Waals surface area contributed by atoms with E-state index in [1.165, 1.54) is 0 Å². The van der Waals surface area contributed by atoms with Gasteiger partial charge in [-0.05, 0) is 11.6 Å². The molecule has 0 aliphatic carbocycles. The van der Waals surface area contributed by atoms with Crippen molar-refractivity contribution in [3.8, 4) is 5.75 Å². The Labute approximate surface area is 154 Å². The fraction of sp³-hybridized carbons (Fsp3) is 0.300. The van der Waals surface area contributed by atoms with Crippen molar-refractivity contribution in [2.24, 2.45) is 4.99 Å². The minimum absolute atomic E-state index is 0.0171. The highest BCUT2D eigenvalue weighted by Gasteiger charge is 2.07. The molecule has 6 heteroatoms. The number of nitrogens with zero attached hydrogens (tertiary/aromatic N) is 2. The van der Waals surface area contributed by atoms with Crippen LogP contribution in [0.4, 0.5) is 0 Å². The number of likely N-dealkylation sites (N-methyl/N-ethyl adjacent to an activating group) is 1. The van der Waals surface area contributed by atoms with Gasteiger partial charge in [0.1, 0.15) is 5.75 Å². The number of carbonyl (C=O) groups excluding carboxylic acids is 1. The SMILES string of the molecule is COc1ccccc1CNC(=NCc1ccccc1)NCC(=O)N(C)C. The Morgan fingerprint density at radius 2 is 1.73 bits per heavy atom. The molecule has 26 heavy (non-hydrogen) atoms. The Morgan fingerprint density at radius 1 is 1.04 bits per heavy atom. The topological polar surface area (TPSA) is 66.0 Å². The van der Waals surface area contributed by atoms with Gasteiger partial charge >= 0.3 is 0 Å². The Balaban J connectivity index is 2.05. The number of hydrogen-bond donors (Lipinski definition) is 2. The molecule has 0 radical (unpaired) electrons. The van der Waals surface area contributed by atoms with E-state index >= 15 is 0 Å². The van der Waals surface area contributed by atoms with Crippen LogP contribution >= 0.6 is 0 Å². The summed E-state index contributed by atoms with van der Waals surface area (Å²) in [5.41, 5.74) is 2.12. The highest BCUT2D eigenvalue weighted by atomic mass is 16.5. The van der Waals surface area contributed by atoms with Gasteiger partial charge in [-0.2, -0.15) is 0 Å². The molecule has 0 aromatic heterocycles. The molecule has 1 amide bonds. The van der Waals surface area contributed by atoms with Crippen LogP contribution in [0.25, 0.3) is 0 Å². The Morgan fingerprint density at radius 3 is 2.42 bits per heavy atom. The van der Waals surface area contributed by atoms with Gasteiger partial charge in [0, 0.05) is 26.2 Å². The van der Waals surface area contributed by atoms with E-state index in [-0.39, 0.29) is 12.5 Å². The maximum absolute atomic E-state index is 11.9. The van der Waals surface area contributed by atoms with Crippen LogP contribution in [0.1, 0.15) is 11.1 Å². The fourth-order valence-electron chi connectivity index (χ4n) is 2.27. The van der Waals surface area contributed by atoms with Crippen molar-refractivity contribution in [2.75, 3.05) is 27.7 Å². The number of carbonyl (C=O) groups is 1. The molecule has 0 saturated carbocycles. The summed E-state index contributed by atoms with van der Waals surface area (Å²) >= 11 is 0. The van der Waals surface area contributed by atoms with Gasteiger partial charge in [-0.15, -0.1) is 0 Å². The molecule has 2 aromatic rings. The average molecular weight is 354 g/mol. The van der Waals surface area contributed by atoms with Gasteiger partial charge < -0.3 is 20.3 Å². The van der Waals surface area contributed by atoms with E-state index in [2.05, 4.69) is 15.6 Å². The number of hydrogen-bond acceptors (Lipinski definition) is 3. The molecule has 0 bridgehead atoms. The van der Waals surface area contributed by atoms with Crippen molar-refractivity contribution in [3.63, 3.8) is 0 Å². The number of rotatable bonds is 7. The summed E-state index contributed by atoms with van der Waals surface area (Å²) in [4.78, 5) is 18.0. The van der Waals surface area contributed by atoms with Crippen molar-refractivity contribution < 1.29 is 9.53 Å². The molecule has 2 rings (SSSR count). The minimum Gasteiger partial charge on any atom is -0.496 e. The second-order valence-corrected chi connectivity index (χ2v) is 5.96. The van der Waals surface area contributed by atoms with Crippen LogP contribution in [-0.4, -0.2) is 44.5 Å². The van der Waals surface area contributed by atoms with E-state index in [1.54, 1.807) is 26.1 Å². The largest absolute Gasteiger partial charge is 0.496 e. The van der Waals surface area contributed by atoms with Crippen molar-refractivity contribution >= 4 is 11.9 Å². The minimum atomic E-state index is -0.0171. The lowest BCUT2D eigenvalue weighted by molar-refractivity contribution is -0.127. The number of methoxy groups -OCH3 is 1. The molecule has 138 valence electrons. The predicted molar refractivity (Wildman–Crippen MR) is 104 cm³/mol. The third-order valence-electron chi connectivity index (χ3n) is 3.81. The molecule has 6 nitrogen and oxygen atoms in total. The Kier molecular flexibility index (Phi) is 7.49. The fourth-order valence-corrected chi connectivity index (χ4v) is 2.27. The maximum Gasteiger partial charge on any atom is 0.241 e. The van der Waals surface area contributed by atoms with Crippen LogP contribution in [0.15, 0.2) is 59.6 Å². The zero-order valence-corrected chi connectivity index (χ0v) is 15.5. The summed E-state index contributed by atoms with van der Waals surface area (Å²) in [6.07, 6.45) is 0. The zero-order valence-electron chi connectivity index (χ0n) is 15.5. The van der Waals surface area contributed by atoms with Gasteiger partial charge in [0.05, 0.1) is 20.2 Å². The van der Waals surface area contributed by atoms with E-state index in [0.29, 0.717) is 19.0 Å². The molecule has 0 aliphatic heterocycles. The van der Waals surface area contributed by atoms with E-state index in [4.69, 9.17) is 4.74 Å². The van der Waals surface area contributed by atoms with Crippen LogP contribution in [0, 0.1) is 0 Å². The summed E-state index contributed by atoms with van der Waals surface area (Å²) in [6, 6.07) is 17.8. The van der Waals surface area contributed by atoms with E-state index < -0.39 is 0 Å². The maximum atomic E-state index is 11.9. The highest BCUT2D eigenvalue weighted by Crippen LogP contribution is 2.16. The van der Waals surface area contributed by atoms with E-state index in [9.17, 15) is 4.79 Å². The molecule has 0 aliphatic rings.